The summed E-state index contributed by atoms with van der Waals surface area (Å²) in [5, 5.41) is 8.47. The molecule has 0 heterocycles. The second-order valence-electron chi connectivity index (χ2n) is 5.12. The highest BCUT2D eigenvalue weighted by molar-refractivity contribution is 7.80. The number of hydrogen-bond acceptors (Lipinski definition) is 4. The van der Waals surface area contributed by atoms with Crippen molar-refractivity contribution < 1.29 is 14.3 Å². The highest BCUT2D eigenvalue weighted by atomic mass is 32.1. The molecule has 0 aliphatic carbocycles. The first kappa shape index (κ1) is 18.4. The molecule has 3 N–H and O–H groups in total. The van der Waals surface area contributed by atoms with Gasteiger partial charge in [-0.15, -0.1) is 0 Å². The largest absolute Gasteiger partial charge is 0.497 e. The van der Waals surface area contributed by atoms with E-state index in [1.165, 1.54) is 0 Å². The summed E-state index contributed by atoms with van der Waals surface area (Å²) in [6, 6.07) is 13.7. The van der Waals surface area contributed by atoms with Crippen LogP contribution in [0.25, 0.3) is 0 Å². The molecule has 25 heavy (non-hydrogen) atoms. The number of methoxy groups -OCH3 is 1. The van der Waals surface area contributed by atoms with Gasteiger partial charge in [-0.05, 0) is 60.7 Å². The Hall–Kier alpha value is -2.93. The Balaban J connectivity index is 1.90. The van der Waals surface area contributed by atoms with Crippen LogP contribution in [-0.2, 0) is 4.79 Å². The van der Waals surface area contributed by atoms with Crippen LogP contribution in [-0.4, -0.2) is 24.0 Å². The molecule has 0 fully saturated rings. The maximum absolute atomic E-state index is 12.1. The number of nitrogens with one attached hydrogen (secondary N) is 3. The minimum Gasteiger partial charge on any atom is -0.497 e. The Bertz CT molecular complexity index is 758. The van der Waals surface area contributed by atoms with Gasteiger partial charge in [-0.3, -0.25) is 14.9 Å². The Morgan fingerprint density at radius 1 is 0.960 bits per heavy atom. The summed E-state index contributed by atoms with van der Waals surface area (Å²) in [5.74, 6) is 0.308. The number of hydrogen-bond donors (Lipinski definition) is 3. The van der Waals surface area contributed by atoms with Crippen molar-refractivity contribution in [2.45, 2.75) is 13.3 Å². The lowest BCUT2D eigenvalue weighted by Gasteiger charge is -2.11. The summed E-state index contributed by atoms with van der Waals surface area (Å²) in [6.45, 7) is 1.79. The fraction of sp³-hybridized carbons (Fsp3) is 0.167. The van der Waals surface area contributed by atoms with Crippen LogP contribution in [0.15, 0.2) is 48.5 Å². The molecule has 0 bridgehead atoms. The van der Waals surface area contributed by atoms with Crippen molar-refractivity contribution in [3.63, 3.8) is 0 Å². The predicted molar refractivity (Wildman–Crippen MR) is 102 cm³/mol. The molecule has 6 nitrogen and oxygen atoms in total. The van der Waals surface area contributed by atoms with Crippen LogP contribution < -0.4 is 20.7 Å². The zero-order valence-electron chi connectivity index (χ0n) is 14.0. The summed E-state index contributed by atoms with van der Waals surface area (Å²) in [7, 11) is 1.56. The van der Waals surface area contributed by atoms with E-state index in [2.05, 4.69) is 16.0 Å². The summed E-state index contributed by atoms with van der Waals surface area (Å²) in [5.41, 5.74) is 1.88. The Morgan fingerprint density at radius 3 is 2.04 bits per heavy atom. The number of ether oxygens (including phenoxy) is 1. The first-order valence-corrected chi connectivity index (χ1v) is 8.09. The van der Waals surface area contributed by atoms with Crippen LogP contribution in [0.3, 0.4) is 0 Å². The summed E-state index contributed by atoms with van der Waals surface area (Å²) >= 11 is 5.14. The van der Waals surface area contributed by atoms with Gasteiger partial charge >= 0.3 is 0 Å². The van der Waals surface area contributed by atoms with Gasteiger partial charge in [-0.1, -0.05) is 6.92 Å². The fourth-order valence-electron chi connectivity index (χ4n) is 1.97. The van der Waals surface area contributed by atoms with Crippen LogP contribution in [0.2, 0.25) is 0 Å². The van der Waals surface area contributed by atoms with Gasteiger partial charge in [0.2, 0.25) is 5.91 Å². The number of carbonyl (C=O) groups is 2. The first-order chi connectivity index (χ1) is 12.0. The quantitative estimate of drug-likeness (QED) is 0.716. The van der Waals surface area contributed by atoms with E-state index in [1.54, 1.807) is 62.6 Å². The minimum absolute atomic E-state index is 0.0528. The molecule has 2 amide bonds. The molecule has 0 radical (unpaired) electrons. The molecule has 130 valence electrons. The van der Waals surface area contributed by atoms with Crippen molar-refractivity contribution in [2.75, 3.05) is 17.7 Å². The molecule has 0 aliphatic rings. The second kappa shape index (κ2) is 8.79. The van der Waals surface area contributed by atoms with E-state index in [-0.39, 0.29) is 16.9 Å². The molecule has 0 spiro atoms. The second-order valence-corrected chi connectivity index (χ2v) is 5.52. The lowest BCUT2D eigenvalue weighted by molar-refractivity contribution is -0.115. The van der Waals surface area contributed by atoms with E-state index in [4.69, 9.17) is 17.0 Å². The molecule has 0 saturated heterocycles. The molecule has 0 aromatic heterocycles. The number of carbonyl (C=O) groups excluding carboxylic acids is 2. The monoisotopic (exact) mass is 357 g/mol. The number of rotatable bonds is 5. The lowest BCUT2D eigenvalue weighted by Crippen LogP contribution is -2.34. The van der Waals surface area contributed by atoms with Crippen molar-refractivity contribution in [3.8, 4) is 5.75 Å². The predicted octanol–water partition coefficient (Wildman–Crippen LogP) is 3.17. The van der Waals surface area contributed by atoms with E-state index in [0.29, 0.717) is 29.1 Å². The Morgan fingerprint density at radius 2 is 1.52 bits per heavy atom. The van der Waals surface area contributed by atoms with Gasteiger partial charge < -0.3 is 15.4 Å². The molecule has 0 atom stereocenters. The van der Waals surface area contributed by atoms with E-state index in [9.17, 15) is 9.59 Å². The van der Waals surface area contributed by atoms with Crippen LogP contribution in [0, 0.1) is 0 Å². The van der Waals surface area contributed by atoms with E-state index in [0.717, 1.165) is 0 Å². The van der Waals surface area contributed by atoms with E-state index < -0.39 is 0 Å². The van der Waals surface area contributed by atoms with Gasteiger partial charge in [-0.25, -0.2) is 0 Å². The average molecular weight is 357 g/mol. The standard InChI is InChI=1S/C18H19N3O3S/c1-3-16(22)19-13-6-8-14(9-7-13)20-18(25)21-17(23)12-4-10-15(24-2)11-5-12/h4-11H,3H2,1-2H3,(H,19,22)(H2,20,21,23,25). The summed E-state index contributed by atoms with van der Waals surface area (Å²) in [6.07, 6.45) is 0.418. The topological polar surface area (TPSA) is 79.5 Å². The van der Waals surface area contributed by atoms with Crippen LogP contribution >= 0.6 is 12.2 Å². The zero-order valence-corrected chi connectivity index (χ0v) is 14.8. The van der Waals surface area contributed by atoms with Gasteiger partial charge in [0.1, 0.15) is 5.75 Å². The molecule has 0 unspecified atom stereocenters. The van der Waals surface area contributed by atoms with Gasteiger partial charge in [0, 0.05) is 23.4 Å². The third-order valence-corrected chi connectivity index (χ3v) is 3.53. The average Bonchev–Trinajstić information content (AvgIpc) is 2.63. The number of anilines is 2. The number of thiocarbonyl (C=S) groups is 1. The Labute approximate surface area is 151 Å². The minimum atomic E-state index is -0.313. The maximum atomic E-state index is 12.1. The van der Waals surface area contributed by atoms with Crippen molar-refractivity contribution in [1.82, 2.24) is 5.32 Å². The molecule has 2 aromatic rings. The van der Waals surface area contributed by atoms with Gasteiger partial charge in [0.25, 0.3) is 5.91 Å². The molecule has 0 saturated carbocycles. The molecular weight excluding hydrogens is 338 g/mol. The summed E-state index contributed by atoms with van der Waals surface area (Å²) < 4.78 is 5.05. The highest BCUT2D eigenvalue weighted by Gasteiger charge is 2.08. The number of benzene rings is 2. The third kappa shape index (κ3) is 5.58. The molecule has 2 aromatic carbocycles. The lowest BCUT2D eigenvalue weighted by atomic mass is 10.2. The summed E-state index contributed by atoms with van der Waals surface area (Å²) in [4.78, 5) is 23.5. The van der Waals surface area contributed by atoms with E-state index >= 15 is 0 Å². The molecule has 0 aliphatic heterocycles. The molecular formula is C18H19N3O3S. The third-order valence-electron chi connectivity index (χ3n) is 3.33. The van der Waals surface area contributed by atoms with Crippen molar-refractivity contribution in [2.24, 2.45) is 0 Å². The fourth-order valence-corrected chi connectivity index (χ4v) is 2.18. The van der Waals surface area contributed by atoms with Crippen molar-refractivity contribution >= 4 is 40.5 Å². The first-order valence-electron chi connectivity index (χ1n) is 7.68. The maximum Gasteiger partial charge on any atom is 0.257 e. The SMILES string of the molecule is CCC(=O)Nc1ccc(NC(=S)NC(=O)c2ccc(OC)cc2)cc1. The van der Waals surface area contributed by atoms with E-state index in [1.807, 2.05) is 0 Å². The van der Waals surface area contributed by atoms with Crippen molar-refractivity contribution in [1.29, 1.82) is 0 Å². The molecule has 7 heteroatoms. The molecule has 2 rings (SSSR count). The Kier molecular flexibility index (Phi) is 6.47. The van der Waals surface area contributed by atoms with Gasteiger partial charge in [0.05, 0.1) is 7.11 Å². The highest BCUT2D eigenvalue weighted by Crippen LogP contribution is 2.14. The van der Waals surface area contributed by atoms with Crippen molar-refractivity contribution in [3.05, 3.63) is 54.1 Å². The smallest absolute Gasteiger partial charge is 0.257 e. The van der Waals surface area contributed by atoms with Gasteiger partial charge in [-0.2, -0.15) is 0 Å². The van der Waals surface area contributed by atoms with Crippen LogP contribution in [0.5, 0.6) is 5.75 Å². The zero-order chi connectivity index (χ0) is 18.2. The van der Waals surface area contributed by atoms with Gasteiger partial charge in [0.15, 0.2) is 5.11 Å². The number of amides is 2. The van der Waals surface area contributed by atoms with Crippen LogP contribution in [0.1, 0.15) is 23.7 Å². The normalized spacial score (nSPS) is 9.84. The van der Waals surface area contributed by atoms with Crippen LogP contribution in [0.4, 0.5) is 11.4 Å².